The molecule has 1 N–H and O–H groups in total. The predicted octanol–water partition coefficient (Wildman–Crippen LogP) is 3.32. The Balaban J connectivity index is 0.00000363. The number of benzene rings is 2. The van der Waals surface area contributed by atoms with Crippen LogP contribution in [0.4, 0.5) is 0 Å². The van der Waals surface area contributed by atoms with Crippen molar-refractivity contribution >= 4 is 40.0 Å². The Hall–Kier alpha value is -1.69. The molecule has 9 heteroatoms. The Morgan fingerprint density at radius 3 is 2.59 bits per heavy atom. The summed E-state index contributed by atoms with van der Waals surface area (Å²) >= 11 is 0. The molecule has 32 heavy (non-hydrogen) atoms. The Morgan fingerprint density at radius 2 is 1.94 bits per heavy atom. The Morgan fingerprint density at radius 1 is 1.22 bits per heavy atom. The van der Waals surface area contributed by atoms with Crippen molar-refractivity contribution in [3.63, 3.8) is 0 Å². The monoisotopic (exact) mass is 572 g/mol. The average Bonchev–Trinajstić information content (AvgIpc) is 2.74. The molecule has 0 aliphatic carbocycles. The van der Waals surface area contributed by atoms with E-state index in [1.807, 2.05) is 12.1 Å². The van der Waals surface area contributed by atoms with Crippen LogP contribution >= 0.6 is 24.0 Å². The van der Waals surface area contributed by atoms with Gasteiger partial charge in [-0.25, -0.2) is 12.7 Å². The number of aryl methyl sites for hydroxylation is 2. The molecule has 7 nitrogen and oxygen atoms in total. The second kappa shape index (κ2) is 11.4. The van der Waals surface area contributed by atoms with Gasteiger partial charge >= 0.3 is 0 Å². The number of guanidine groups is 1. The minimum absolute atomic E-state index is 0. The van der Waals surface area contributed by atoms with Gasteiger partial charge in [0.05, 0.1) is 18.0 Å². The van der Waals surface area contributed by atoms with Crippen LogP contribution in [0.3, 0.4) is 0 Å². The van der Waals surface area contributed by atoms with E-state index in [1.165, 1.54) is 21.0 Å². The molecule has 1 fully saturated rings. The number of nitrogens with one attached hydrogen (secondary N) is 1. The van der Waals surface area contributed by atoms with Crippen molar-refractivity contribution in [2.75, 3.05) is 40.8 Å². The van der Waals surface area contributed by atoms with Crippen LogP contribution in [0.15, 0.2) is 52.4 Å². The zero-order chi connectivity index (χ0) is 22.6. The van der Waals surface area contributed by atoms with E-state index in [0.717, 1.165) is 12.5 Å². The molecular formula is C23H33IN4O3S. The molecule has 0 radical (unpaired) electrons. The van der Waals surface area contributed by atoms with Crippen LogP contribution in [0.1, 0.15) is 28.4 Å². The van der Waals surface area contributed by atoms with E-state index in [2.05, 4.69) is 47.3 Å². The van der Waals surface area contributed by atoms with E-state index >= 15 is 0 Å². The second-order valence-corrected chi connectivity index (χ2v) is 10.1. The molecule has 0 saturated carbocycles. The zero-order valence-corrected chi connectivity index (χ0v) is 22.5. The molecule has 176 valence electrons. The Labute approximate surface area is 208 Å². The van der Waals surface area contributed by atoms with Gasteiger partial charge in [0.1, 0.15) is 6.10 Å². The van der Waals surface area contributed by atoms with Crippen molar-refractivity contribution in [1.82, 2.24) is 14.5 Å². The zero-order valence-electron chi connectivity index (χ0n) is 19.3. The van der Waals surface area contributed by atoms with Crippen molar-refractivity contribution in [2.24, 2.45) is 4.99 Å². The van der Waals surface area contributed by atoms with E-state index in [9.17, 15) is 8.42 Å². The van der Waals surface area contributed by atoms with Gasteiger partial charge in [-0.05, 0) is 36.6 Å². The summed E-state index contributed by atoms with van der Waals surface area (Å²) < 4.78 is 32.6. The van der Waals surface area contributed by atoms with Crippen LogP contribution < -0.4 is 5.32 Å². The average molecular weight is 573 g/mol. The standard InChI is InChI=1S/C23H32N4O3S.HI/c1-17-10-11-20(18(2)14-17)21-16-27(12-13-30-21)23(24-3)25-15-19-8-6-7-9-22(19)31(28,29)26(4)5;/h6-11,14,21H,12-13,15-16H2,1-5H3,(H,24,25);1H. The number of nitrogens with zero attached hydrogens (tertiary/aromatic N) is 3. The van der Waals surface area contributed by atoms with Crippen LogP contribution in [0, 0.1) is 13.8 Å². The highest BCUT2D eigenvalue weighted by atomic mass is 127. The van der Waals surface area contributed by atoms with Gasteiger partial charge in [-0.1, -0.05) is 42.0 Å². The van der Waals surface area contributed by atoms with Gasteiger partial charge in [0.2, 0.25) is 10.0 Å². The molecule has 2 aromatic carbocycles. The molecule has 1 aliphatic rings. The number of halogens is 1. The van der Waals surface area contributed by atoms with Crippen molar-refractivity contribution in [1.29, 1.82) is 0 Å². The molecule has 1 saturated heterocycles. The minimum atomic E-state index is -3.52. The van der Waals surface area contributed by atoms with E-state index in [4.69, 9.17) is 4.74 Å². The first-order valence-electron chi connectivity index (χ1n) is 10.4. The van der Waals surface area contributed by atoms with Crippen molar-refractivity contribution < 1.29 is 13.2 Å². The summed E-state index contributed by atoms with van der Waals surface area (Å²) in [7, 11) is 1.30. The number of rotatable bonds is 5. The largest absolute Gasteiger partial charge is 0.370 e. The van der Waals surface area contributed by atoms with Crippen LogP contribution in [0.2, 0.25) is 0 Å². The maximum atomic E-state index is 12.7. The van der Waals surface area contributed by atoms with Crippen molar-refractivity contribution in [2.45, 2.75) is 31.4 Å². The second-order valence-electron chi connectivity index (χ2n) is 7.96. The van der Waals surface area contributed by atoms with Gasteiger partial charge in [0.15, 0.2) is 5.96 Å². The Bertz CT molecular complexity index is 1060. The summed E-state index contributed by atoms with van der Waals surface area (Å²) in [4.78, 5) is 6.90. The molecular weight excluding hydrogens is 539 g/mol. The number of ether oxygens (including phenoxy) is 1. The van der Waals surface area contributed by atoms with Crippen LogP contribution in [0.5, 0.6) is 0 Å². The smallest absolute Gasteiger partial charge is 0.242 e. The number of hydrogen-bond donors (Lipinski definition) is 1. The van der Waals surface area contributed by atoms with Crippen molar-refractivity contribution in [3.8, 4) is 0 Å². The van der Waals surface area contributed by atoms with Crippen molar-refractivity contribution in [3.05, 3.63) is 64.7 Å². The van der Waals surface area contributed by atoms with E-state index in [0.29, 0.717) is 30.2 Å². The predicted molar refractivity (Wildman–Crippen MR) is 139 cm³/mol. The molecule has 1 aliphatic heterocycles. The summed E-state index contributed by atoms with van der Waals surface area (Å²) in [6.45, 7) is 6.57. The fourth-order valence-corrected chi connectivity index (χ4v) is 4.94. The third-order valence-corrected chi connectivity index (χ3v) is 7.43. The third kappa shape index (κ3) is 6.00. The van der Waals surface area contributed by atoms with E-state index in [1.54, 1.807) is 33.3 Å². The molecule has 1 unspecified atom stereocenters. The minimum Gasteiger partial charge on any atom is -0.370 e. The molecule has 0 bridgehead atoms. The fourth-order valence-electron chi connectivity index (χ4n) is 3.82. The van der Waals surface area contributed by atoms with Gasteiger partial charge in [0.25, 0.3) is 0 Å². The summed E-state index contributed by atoms with van der Waals surface area (Å²) in [5.41, 5.74) is 4.35. The normalized spacial score (nSPS) is 17.2. The number of morpholine rings is 1. The van der Waals surface area contributed by atoms with Gasteiger partial charge < -0.3 is 15.0 Å². The molecule has 0 spiro atoms. The van der Waals surface area contributed by atoms with Gasteiger partial charge in [-0.15, -0.1) is 24.0 Å². The molecule has 1 heterocycles. The molecule has 1 atom stereocenters. The number of hydrogen-bond acceptors (Lipinski definition) is 4. The molecule has 0 aromatic heterocycles. The quantitative estimate of drug-likeness (QED) is 0.338. The molecule has 2 aromatic rings. The highest BCUT2D eigenvalue weighted by Crippen LogP contribution is 2.26. The van der Waals surface area contributed by atoms with Gasteiger partial charge in [0, 0.05) is 34.2 Å². The lowest BCUT2D eigenvalue weighted by atomic mass is 10.00. The highest BCUT2D eigenvalue weighted by Gasteiger charge is 2.26. The first kappa shape index (κ1) is 26.6. The van der Waals surface area contributed by atoms with Crippen LogP contribution in [-0.4, -0.2) is 64.4 Å². The number of aliphatic imine (C=N–C) groups is 1. The molecule has 0 amide bonds. The first-order valence-corrected chi connectivity index (χ1v) is 11.8. The fraction of sp³-hybridized carbons (Fsp3) is 0.435. The summed E-state index contributed by atoms with van der Waals surface area (Å²) in [5.74, 6) is 0.732. The summed E-state index contributed by atoms with van der Waals surface area (Å²) in [6.07, 6.45) is -0.0331. The maximum Gasteiger partial charge on any atom is 0.242 e. The van der Waals surface area contributed by atoms with Gasteiger partial charge in [-0.3, -0.25) is 4.99 Å². The van der Waals surface area contributed by atoms with Crippen LogP contribution in [-0.2, 0) is 21.3 Å². The van der Waals surface area contributed by atoms with Gasteiger partial charge in [-0.2, -0.15) is 0 Å². The molecule has 3 rings (SSSR count). The third-order valence-electron chi connectivity index (χ3n) is 5.52. The number of sulfonamides is 1. The van der Waals surface area contributed by atoms with E-state index in [-0.39, 0.29) is 30.1 Å². The Kier molecular flexibility index (Phi) is 9.50. The lowest BCUT2D eigenvalue weighted by Crippen LogP contribution is -2.48. The van der Waals surface area contributed by atoms with Crippen LogP contribution in [0.25, 0.3) is 0 Å². The SMILES string of the molecule is CN=C(NCc1ccccc1S(=O)(=O)N(C)C)N1CCOC(c2ccc(C)cc2C)C1.I. The topological polar surface area (TPSA) is 74.2 Å². The van der Waals surface area contributed by atoms with E-state index < -0.39 is 10.0 Å². The summed E-state index contributed by atoms with van der Waals surface area (Å²) in [5, 5.41) is 3.34. The summed E-state index contributed by atoms with van der Waals surface area (Å²) in [6, 6.07) is 13.5. The first-order chi connectivity index (χ1) is 14.7. The maximum absolute atomic E-state index is 12.7. The highest BCUT2D eigenvalue weighted by molar-refractivity contribution is 14.0. The lowest BCUT2D eigenvalue weighted by Gasteiger charge is -2.36. The lowest BCUT2D eigenvalue weighted by molar-refractivity contribution is -0.00834.